The van der Waals surface area contributed by atoms with Gasteiger partial charge in [-0.2, -0.15) is 0 Å². The summed E-state index contributed by atoms with van der Waals surface area (Å²) in [5.41, 5.74) is 3.06. The maximum absolute atomic E-state index is 11.5. The Kier molecular flexibility index (Phi) is 4.81. The molecule has 0 radical (unpaired) electrons. The lowest BCUT2D eigenvalue weighted by molar-refractivity contribution is 0.377. The zero-order valence-corrected chi connectivity index (χ0v) is 16.5. The highest BCUT2D eigenvalue weighted by Crippen LogP contribution is 2.28. The first-order chi connectivity index (χ1) is 13.4. The summed E-state index contributed by atoms with van der Waals surface area (Å²) in [5, 5.41) is 8.11. The molecule has 144 valence electrons. The summed E-state index contributed by atoms with van der Waals surface area (Å²) in [7, 11) is 0. The van der Waals surface area contributed by atoms with Crippen LogP contribution in [-0.2, 0) is 12.8 Å². The van der Waals surface area contributed by atoms with Gasteiger partial charge in [0.2, 0.25) is 0 Å². The number of nitrogens with zero attached hydrogens (tertiary/aromatic N) is 2. The highest BCUT2D eigenvalue weighted by Gasteiger charge is 2.30. The number of halogens is 1. The van der Waals surface area contributed by atoms with Crippen LogP contribution in [0.15, 0.2) is 62.8 Å². The van der Waals surface area contributed by atoms with Gasteiger partial charge in [-0.1, -0.05) is 47.1 Å². The van der Waals surface area contributed by atoms with Gasteiger partial charge >= 0.3 is 5.76 Å². The first-order valence-corrected chi connectivity index (χ1v) is 9.52. The predicted molar refractivity (Wildman–Crippen MR) is 109 cm³/mol. The Bertz CT molecular complexity index is 1070. The van der Waals surface area contributed by atoms with Crippen LogP contribution in [0.25, 0.3) is 0 Å². The summed E-state index contributed by atoms with van der Waals surface area (Å²) in [4.78, 5) is 19.1. The third-order valence-electron chi connectivity index (χ3n) is 4.74. The highest BCUT2D eigenvalue weighted by molar-refractivity contribution is 6.30. The normalized spacial score (nSPS) is 17.8. The molecule has 7 heteroatoms. The molecular formula is C21H21ClN4O2. The summed E-state index contributed by atoms with van der Waals surface area (Å²) in [6.07, 6.45) is 1.42. The predicted octanol–water partition coefficient (Wildman–Crippen LogP) is 3.67. The molecule has 0 bridgehead atoms. The summed E-state index contributed by atoms with van der Waals surface area (Å²) >= 11 is 6.21. The Morgan fingerprint density at radius 2 is 2.04 bits per heavy atom. The minimum atomic E-state index is -0.586. The van der Waals surface area contributed by atoms with Gasteiger partial charge in [-0.25, -0.2) is 4.79 Å². The number of hydrogen-bond acceptors (Lipinski definition) is 4. The molecule has 2 N–H and O–H groups in total. The standard InChI is InChI=1S/C21H21ClN4O2/c1-21(2)12-14-11-15(22)8-9-16(14)18(25-21)23-17(19-24-20(27)28-26-19)10-13-6-4-3-5-7-13/h3-9,11,17H,10,12H2,1-2H3,(H,23,25)(H,24,26,27)/t17-/m0/s1. The van der Waals surface area contributed by atoms with Crippen LogP contribution >= 0.6 is 11.6 Å². The number of H-pyrrole nitrogens is 1. The van der Waals surface area contributed by atoms with Gasteiger partial charge in [-0.15, -0.1) is 0 Å². The van der Waals surface area contributed by atoms with E-state index in [2.05, 4.69) is 29.3 Å². The maximum Gasteiger partial charge on any atom is 0.438 e. The first-order valence-electron chi connectivity index (χ1n) is 9.14. The second-order valence-corrected chi connectivity index (χ2v) is 8.09. The van der Waals surface area contributed by atoms with Crippen molar-refractivity contribution >= 4 is 17.4 Å². The van der Waals surface area contributed by atoms with E-state index in [-0.39, 0.29) is 5.54 Å². The van der Waals surface area contributed by atoms with E-state index in [1.54, 1.807) is 0 Å². The molecule has 0 spiro atoms. The van der Waals surface area contributed by atoms with Gasteiger partial charge in [0.15, 0.2) is 5.82 Å². The van der Waals surface area contributed by atoms with E-state index in [9.17, 15) is 4.79 Å². The van der Waals surface area contributed by atoms with E-state index in [0.29, 0.717) is 17.3 Å². The van der Waals surface area contributed by atoms with Crippen LogP contribution in [0.2, 0.25) is 5.02 Å². The number of rotatable bonds is 4. The van der Waals surface area contributed by atoms with Crippen molar-refractivity contribution in [2.45, 2.75) is 38.3 Å². The number of hydrogen-bond donors (Lipinski definition) is 2. The molecule has 1 aliphatic rings. The van der Waals surface area contributed by atoms with Crippen molar-refractivity contribution in [2.75, 3.05) is 0 Å². The van der Waals surface area contributed by atoms with Gasteiger partial charge < -0.3 is 5.32 Å². The smallest absolute Gasteiger partial charge is 0.365 e. The fraction of sp³-hybridized carbons (Fsp3) is 0.286. The number of nitrogens with one attached hydrogen (secondary N) is 2. The summed E-state index contributed by atoms with van der Waals surface area (Å²) < 4.78 is 4.73. The molecule has 0 fully saturated rings. The Hall–Kier alpha value is -2.86. The van der Waals surface area contributed by atoms with Gasteiger partial charge in [0.1, 0.15) is 11.9 Å². The molecular weight excluding hydrogens is 376 g/mol. The van der Waals surface area contributed by atoms with E-state index < -0.39 is 11.8 Å². The average Bonchev–Trinajstić information content (AvgIpc) is 3.07. The van der Waals surface area contributed by atoms with Crippen molar-refractivity contribution in [3.63, 3.8) is 0 Å². The molecule has 1 aliphatic heterocycles. The summed E-state index contributed by atoms with van der Waals surface area (Å²) in [6, 6.07) is 15.4. The molecule has 1 atom stereocenters. The summed E-state index contributed by atoms with van der Waals surface area (Å²) in [6.45, 7) is 4.24. The molecule has 0 unspecified atom stereocenters. The number of benzene rings is 2. The third-order valence-corrected chi connectivity index (χ3v) is 4.98. The number of aromatic amines is 1. The molecule has 3 aromatic rings. The fourth-order valence-corrected chi connectivity index (χ4v) is 3.73. The van der Waals surface area contributed by atoms with Crippen molar-refractivity contribution in [1.82, 2.24) is 15.5 Å². The minimum Gasteiger partial charge on any atom is -0.365 e. The topological polar surface area (TPSA) is 83.3 Å². The lowest BCUT2D eigenvalue weighted by Gasteiger charge is -2.35. The Morgan fingerprint density at radius 3 is 2.75 bits per heavy atom. The molecule has 6 nitrogen and oxygen atoms in total. The first kappa shape index (κ1) is 18.5. The van der Waals surface area contributed by atoms with Crippen LogP contribution in [0.1, 0.15) is 42.4 Å². The molecule has 1 aromatic heterocycles. The lowest BCUT2D eigenvalue weighted by atomic mass is 9.87. The van der Waals surface area contributed by atoms with E-state index in [1.165, 1.54) is 0 Å². The van der Waals surface area contributed by atoms with Crippen LogP contribution in [-0.4, -0.2) is 21.5 Å². The van der Waals surface area contributed by atoms with Crippen LogP contribution in [0.3, 0.4) is 0 Å². The van der Waals surface area contributed by atoms with Gasteiger partial charge in [-0.05, 0) is 49.6 Å². The second-order valence-electron chi connectivity index (χ2n) is 7.65. The second kappa shape index (κ2) is 7.28. The van der Waals surface area contributed by atoms with Gasteiger partial charge in [0.05, 0.1) is 0 Å². The van der Waals surface area contributed by atoms with Crippen molar-refractivity contribution in [3.05, 3.63) is 86.6 Å². The van der Waals surface area contributed by atoms with E-state index >= 15 is 0 Å². The molecule has 2 aromatic carbocycles. The Morgan fingerprint density at radius 1 is 1.25 bits per heavy atom. The minimum absolute atomic E-state index is 0.176. The summed E-state index contributed by atoms with van der Waals surface area (Å²) in [5.74, 6) is 0.576. The number of fused-ring (bicyclic) bond motifs is 1. The molecule has 0 amide bonds. The third kappa shape index (κ3) is 4.02. The Labute approximate surface area is 167 Å². The number of aliphatic imine (C=N–C) groups is 1. The van der Waals surface area contributed by atoms with E-state index in [1.807, 2.05) is 48.5 Å². The van der Waals surface area contributed by atoms with E-state index in [0.717, 1.165) is 28.9 Å². The number of amidine groups is 1. The quantitative estimate of drug-likeness (QED) is 0.704. The van der Waals surface area contributed by atoms with Crippen molar-refractivity contribution in [2.24, 2.45) is 4.99 Å². The monoisotopic (exact) mass is 396 g/mol. The van der Waals surface area contributed by atoms with E-state index in [4.69, 9.17) is 21.1 Å². The molecule has 4 rings (SSSR count). The molecule has 2 heterocycles. The zero-order valence-electron chi connectivity index (χ0n) is 15.7. The SMILES string of the molecule is CC1(C)Cc2cc(Cl)ccc2C(=N[C@@H](Cc2ccccc2)c2noc(=O)[nH]2)N1. The van der Waals surface area contributed by atoms with Gasteiger partial charge in [0.25, 0.3) is 0 Å². The van der Waals surface area contributed by atoms with Crippen LogP contribution in [0, 0.1) is 0 Å². The molecule has 0 saturated carbocycles. The largest absolute Gasteiger partial charge is 0.438 e. The molecule has 0 aliphatic carbocycles. The average molecular weight is 397 g/mol. The van der Waals surface area contributed by atoms with Crippen molar-refractivity contribution < 1.29 is 4.52 Å². The zero-order chi connectivity index (χ0) is 19.7. The highest BCUT2D eigenvalue weighted by atomic mass is 35.5. The van der Waals surface area contributed by atoms with Crippen molar-refractivity contribution in [1.29, 1.82) is 0 Å². The maximum atomic E-state index is 11.5. The number of aromatic nitrogens is 2. The molecule has 28 heavy (non-hydrogen) atoms. The van der Waals surface area contributed by atoms with Crippen LogP contribution in [0.4, 0.5) is 0 Å². The van der Waals surface area contributed by atoms with Crippen molar-refractivity contribution in [3.8, 4) is 0 Å². The Balaban J connectivity index is 1.78. The fourth-order valence-electron chi connectivity index (χ4n) is 3.53. The lowest BCUT2D eigenvalue weighted by Crippen LogP contribution is -2.49. The van der Waals surface area contributed by atoms with Gasteiger partial charge in [-0.3, -0.25) is 14.5 Å². The molecule has 0 saturated heterocycles. The van der Waals surface area contributed by atoms with Crippen LogP contribution < -0.4 is 11.1 Å². The van der Waals surface area contributed by atoms with Crippen LogP contribution in [0.5, 0.6) is 0 Å². The van der Waals surface area contributed by atoms with Gasteiger partial charge in [0, 0.05) is 22.5 Å².